The molecule has 0 fully saturated rings. The van der Waals surface area contributed by atoms with Gasteiger partial charge < -0.3 is 4.74 Å². The van der Waals surface area contributed by atoms with Crippen molar-refractivity contribution in [3.8, 4) is 0 Å². The molecule has 1 aromatic rings. The first-order valence-electron chi connectivity index (χ1n) is 5.79. The average molecular weight is 220 g/mol. The molecule has 0 aliphatic heterocycles. The van der Waals surface area contributed by atoms with Gasteiger partial charge in [0.1, 0.15) is 5.60 Å². The summed E-state index contributed by atoms with van der Waals surface area (Å²) in [4.78, 5) is 12.4. The Morgan fingerprint density at radius 1 is 1.31 bits per heavy atom. The quantitative estimate of drug-likeness (QED) is 0.711. The van der Waals surface area contributed by atoms with Crippen LogP contribution >= 0.6 is 0 Å². The molecule has 1 atom stereocenters. The van der Waals surface area contributed by atoms with Crippen LogP contribution in [0.3, 0.4) is 0 Å². The van der Waals surface area contributed by atoms with Gasteiger partial charge in [-0.2, -0.15) is 0 Å². The Hall–Kier alpha value is -1.15. The average Bonchev–Trinajstić information content (AvgIpc) is 2.29. The second kappa shape index (κ2) is 5.26. The molecule has 88 valence electrons. The molecule has 0 spiro atoms. The summed E-state index contributed by atoms with van der Waals surface area (Å²) in [6.45, 7) is 8.27. The molecule has 0 bridgehead atoms. The topological polar surface area (TPSA) is 26.3 Å². The molecule has 0 heterocycles. The van der Waals surface area contributed by atoms with Crippen LogP contribution in [0.1, 0.15) is 43.1 Å². The van der Waals surface area contributed by atoms with Crippen LogP contribution in [0.25, 0.3) is 0 Å². The molecule has 0 saturated carbocycles. The number of carbonyl (C=O) groups excluding carboxylic acids is 1. The van der Waals surface area contributed by atoms with Crippen molar-refractivity contribution < 1.29 is 9.53 Å². The predicted molar refractivity (Wildman–Crippen MR) is 65.8 cm³/mol. The summed E-state index contributed by atoms with van der Waals surface area (Å²) >= 11 is 0. The van der Waals surface area contributed by atoms with Crippen molar-refractivity contribution in [2.24, 2.45) is 0 Å². The monoisotopic (exact) mass is 220 g/mol. The Kier molecular flexibility index (Phi) is 4.25. The lowest BCUT2D eigenvalue weighted by atomic mass is 9.90. The van der Waals surface area contributed by atoms with E-state index in [1.165, 1.54) is 0 Å². The van der Waals surface area contributed by atoms with Crippen molar-refractivity contribution in [2.45, 2.75) is 39.7 Å². The minimum Gasteiger partial charge on any atom is -0.367 e. The highest BCUT2D eigenvalue weighted by Crippen LogP contribution is 2.23. The fourth-order valence-electron chi connectivity index (χ4n) is 1.76. The van der Waals surface area contributed by atoms with Crippen molar-refractivity contribution in [1.82, 2.24) is 0 Å². The minimum atomic E-state index is -0.694. The number of carbonyl (C=O) groups is 1. The summed E-state index contributed by atoms with van der Waals surface area (Å²) < 4.78 is 5.60. The zero-order valence-electron chi connectivity index (χ0n) is 10.5. The van der Waals surface area contributed by atoms with Crippen molar-refractivity contribution in [3.05, 3.63) is 35.4 Å². The van der Waals surface area contributed by atoms with E-state index in [9.17, 15) is 4.79 Å². The second-order valence-corrected chi connectivity index (χ2v) is 4.16. The van der Waals surface area contributed by atoms with Gasteiger partial charge in [-0.3, -0.25) is 4.79 Å². The van der Waals surface area contributed by atoms with E-state index in [1.807, 2.05) is 52.0 Å². The molecule has 1 rings (SSSR count). The highest BCUT2D eigenvalue weighted by Gasteiger charge is 2.33. The normalized spacial score (nSPS) is 14.5. The number of rotatable bonds is 5. The summed E-state index contributed by atoms with van der Waals surface area (Å²) in [5.74, 6) is 0.0787. The van der Waals surface area contributed by atoms with Crippen LogP contribution in [0, 0.1) is 6.92 Å². The van der Waals surface area contributed by atoms with Gasteiger partial charge >= 0.3 is 0 Å². The van der Waals surface area contributed by atoms with Gasteiger partial charge in [0.2, 0.25) is 0 Å². The van der Waals surface area contributed by atoms with Gasteiger partial charge in [-0.25, -0.2) is 0 Å². The fraction of sp³-hybridized carbons (Fsp3) is 0.500. The Labute approximate surface area is 97.6 Å². The molecule has 0 aromatic heterocycles. The third-order valence-corrected chi connectivity index (χ3v) is 3.01. The van der Waals surface area contributed by atoms with E-state index in [2.05, 4.69) is 0 Å². The molecule has 2 nitrogen and oxygen atoms in total. The lowest BCUT2D eigenvalue weighted by Crippen LogP contribution is -2.38. The van der Waals surface area contributed by atoms with Crippen LogP contribution in [0.4, 0.5) is 0 Å². The van der Waals surface area contributed by atoms with Gasteiger partial charge in [0.25, 0.3) is 0 Å². The van der Waals surface area contributed by atoms with E-state index in [4.69, 9.17) is 4.74 Å². The van der Waals surface area contributed by atoms with E-state index in [0.29, 0.717) is 13.0 Å². The summed E-state index contributed by atoms with van der Waals surface area (Å²) in [6.07, 6.45) is 0.688. The van der Waals surface area contributed by atoms with Crippen LogP contribution < -0.4 is 0 Å². The minimum absolute atomic E-state index is 0.0787. The number of ether oxygens (including phenoxy) is 1. The molecule has 1 unspecified atom stereocenters. The maximum absolute atomic E-state index is 12.4. The van der Waals surface area contributed by atoms with Crippen molar-refractivity contribution in [2.75, 3.05) is 6.61 Å². The van der Waals surface area contributed by atoms with E-state index in [0.717, 1.165) is 11.1 Å². The lowest BCUT2D eigenvalue weighted by molar-refractivity contribution is -0.0116. The fourth-order valence-corrected chi connectivity index (χ4v) is 1.76. The summed E-state index contributed by atoms with van der Waals surface area (Å²) in [7, 11) is 0. The second-order valence-electron chi connectivity index (χ2n) is 4.16. The highest BCUT2D eigenvalue weighted by molar-refractivity contribution is 6.03. The van der Waals surface area contributed by atoms with Gasteiger partial charge in [-0.05, 0) is 32.8 Å². The molecular weight excluding hydrogens is 200 g/mol. The lowest BCUT2D eigenvalue weighted by Gasteiger charge is -2.27. The third-order valence-electron chi connectivity index (χ3n) is 3.01. The first kappa shape index (κ1) is 12.9. The maximum atomic E-state index is 12.4. The van der Waals surface area contributed by atoms with Crippen LogP contribution in [0.15, 0.2) is 24.3 Å². The smallest absolute Gasteiger partial charge is 0.194 e. The Morgan fingerprint density at radius 2 is 1.94 bits per heavy atom. The van der Waals surface area contributed by atoms with Gasteiger partial charge in [-0.15, -0.1) is 0 Å². The van der Waals surface area contributed by atoms with Crippen LogP contribution in [0.5, 0.6) is 0 Å². The van der Waals surface area contributed by atoms with E-state index in [-0.39, 0.29) is 5.78 Å². The number of ketones is 1. The molecule has 2 heteroatoms. The predicted octanol–water partition coefficient (Wildman–Crippen LogP) is 3.38. The molecule has 0 N–H and O–H groups in total. The molecule has 16 heavy (non-hydrogen) atoms. The van der Waals surface area contributed by atoms with Gasteiger partial charge in [0.05, 0.1) is 0 Å². The molecule has 0 saturated heterocycles. The van der Waals surface area contributed by atoms with Crippen molar-refractivity contribution in [1.29, 1.82) is 0 Å². The standard InChI is InChI=1S/C14H20O2/c1-5-14(4,16-6-2)13(15)12-10-8-7-9-11(12)3/h7-10H,5-6H2,1-4H3. The number of hydrogen-bond donors (Lipinski definition) is 0. The first-order chi connectivity index (χ1) is 7.55. The van der Waals surface area contributed by atoms with E-state index >= 15 is 0 Å². The summed E-state index contributed by atoms with van der Waals surface area (Å²) in [5, 5.41) is 0. The zero-order valence-corrected chi connectivity index (χ0v) is 10.5. The Bertz CT molecular complexity index is 371. The highest BCUT2D eigenvalue weighted by atomic mass is 16.5. The molecule has 0 aliphatic rings. The zero-order chi connectivity index (χ0) is 12.2. The van der Waals surface area contributed by atoms with Crippen LogP contribution in [-0.4, -0.2) is 18.0 Å². The maximum Gasteiger partial charge on any atom is 0.194 e. The molecule has 0 aliphatic carbocycles. The Morgan fingerprint density at radius 3 is 2.44 bits per heavy atom. The first-order valence-corrected chi connectivity index (χ1v) is 5.79. The molecule has 1 aromatic carbocycles. The third kappa shape index (κ3) is 2.50. The summed E-state index contributed by atoms with van der Waals surface area (Å²) in [5.41, 5.74) is 1.08. The molecular formula is C14H20O2. The number of aryl methyl sites for hydroxylation is 1. The number of benzene rings is 1. The molecule has 0 amide bonds. The largest absolute Gasteiger partial charge is 0.367 e. The van der Waals surface area contributed by atoms with Crippen LogP contribution in [-0.2, 0) is 4.74 Å². The van der Waals surface area contributed by atoms with E-state index < -0.39 is 5.60 Å². The number of Topliss-reactive ketones (excluding diaryl/α,β-unsaturated/α-hetero) is 1. The van der Waals surface area contributed by atoms with Gasteiger partial charge in [0, 0.05) is 12.2 Å². The van der Waals surface area contributed by atoms with E-state index in [1.54, 1.807) is 0 Å². The Balaban J connectivity index is 3.05. The SMILES string of the molecule is CCOC(C)(CC)C(=O)c1ccccc1C. The number of hydrogen-bond acceptors (Lipinski definition) is 2. The van der Waals surface area contributed by atoms with Gasteiger partial charge in [-0.1, -0.05) is 31.2 Å². The van der Waals surface area contributed by atoms with Gasteiger partial charge in [0.15, 0.2) is 5.78 Å². The van der Waals surface area contributed by atoms with Crippen LogP contribution in [0.2, 0.25) is 0 Å². The van der Waals surface area contributed by atoms with Crippen molar-refractivity contribution >= 4 is 5.78 Å². The molecule has 0 radical (unpaired) electrons. The summed E-state index contributed by atoms with van der Waals surface area (Å²) in [6, 6.07) is 7.65. The van der Waals surface area contributed by atoms with Crippen molar-refractivity contribution in [3.63, 3.8) is 0 Å².